The van der Waals surface area contributed by atoms with Crippen LogP contribution in [0.3, 0.4) is 0 Å². The maximum atomic E-state index is 13.1. The van der Waals surface area contributed by atoms with Crippen LogP contribution in [0.25, 0.3) is 10.9 Å². The molecule has 0 saturated heterocycles. The van der Waals surface area contributed by atoms with Gasteiger partial charge in [-0.25, -0.2) is 10.4 Å². The number of nitrogens with one attached hydrogen (secondary N) is 1. The van der Waals surface area contributed by atoms with Crippen LogP contribution in [-0.2, 0) is 11.3 Å². The zero-order chi connectivity index (χ0) is 21.5. The first-order valence-corrected chi connectivity index (χ1v) is 11.2. The van der Waals surface area contributed by atoms with Crippen molar-refractivity contribution >= 4 is 22.6 Å². The summed E-state index contributed by atoms with van der Waals surface area (Å²) in [5, 5.41) is 5.27. The number of rotatable bonds is 8. The number of anilines is 1. The lowest BCUT2D eigenvalue weighted by atomic mass is 9.83. The molecular weight excluding hydrogens is 388 g/mol. The standard InChI is InChI=1S/C25H30N4O2/c1-2-31-18-8-17-29-24(30)22-11-6-7-12-23(22)26-25(29)28-27-21-15-13-20(14-16-21)19-9-4-3-5-10-19/h3-7,9-12,20H,2,8,13-18H2,1H3,(H,26,28). The molecule has 1 aromatic heterocycles. The number of hydrazone groups is 1. The third kappa shape index (κ3) is 5.20. The highest BCUT2D eigenvalue weighted by atomic mass is 16.5. The fourth-order valence-corrected chi connectivity index (χ4v) is 4.18. The number of fused-ring (bicyclic) bond motifs is 1. The Bertz CT molecular complexity index is 1080. The second-order valence-corrected chi connectivity index (χ2v) is 7.93. The molecule has 31 heavy (non-hydrogen) atoms. The van der Waals surface area contributed by atoms with Crippen molar-refractivity contribution in [3.05, 3.63) is 70.5 Å². The molecule has 1 N–H and O–H groups in total. The van der Waals surface area contributed by atoms with Crippen LogP contribution in [0.5, 0.6) is 0 Å². The molecule has 0 amide bonds. The minimum atomic E-state index is -0.0439. The number of benzene rings is 2. The highest BCUT2D eigenvalue weighted by Gasteiger charge is 2.19. The quantitative estimate of drug-likeness (QED) is 0.415. The number of nitrogens with zero attached hydrogens (tertiary/aromatic N) is 3. The molecule has 1 heterocycles. The second kappa shape index (κ2) is 10.4. The van der Waals surface area contributed by atoms with Crippen LogP contribution in [0.15, 0.2) is 64.5 Å². The predicted molar refractivity (Wildman–Crippen MR) is 126 cm³/mol. The molecule has 0 bridgehead atoms. The van der Waals surface area contributed by atoms with E-state index in [1.165, 1.54) is 5.56 Å². The number of ether oxygens (including phenoxy) is 1. The van der Waals surface area contributed by atoms with E-state index in [0.29, 0.717) is 42.5 Å². The van der Waals surface area contributed by atoms with Gasteiger partial charge in [-0.15, -0.1) is 0 Å². The molecule has 3 aromatic rings. The molecule has 4 rings (SSSR count). The number of aromatic nitrogens is 2. The van der Waals surface area contributed by atoms with E-state index in [-0.39, 0.29) is 5.56 Å². The van der Waals surface area contributed by atoms with E-state index in [2.05, 4.69) is 45.8 Å². The Hall–Kier alpha value is -2.99. The van der Waals surface area contributed by atoms with Gasteiger partial charge < -0.3 is 4.74 Å². The van der Waals surface area contributed by atoms with Crippen molar-refractivity contribution in [1.29, 1.82) is 0 Å². The van der Waals surface area contributed by atoms with Crippen LogP contribution < -0.4 is 11.0 Å². The lowest BCUT2D eigenvalue weighted by Gasteiger charge is -2.23. The van der Waals surface area contributed by atoms with Crippen molar-refractivity contribution in [2.75, 3.05) is 18.6 Å². The lowest BCUT2D eigenvalue weighted by molar-refractivity contribution is 0.141. The van der Waals surface area contributed by atoms with Crippen LogP contribution in [-0.4, -0.2) is 28.5 Å². The summed E-state index contributed by atoms with van der Waals surface area (Å²) in [6, 6.07) is 18.2. The molecule has 1 aliphatic rings. The average Bonchev–Trinajstić information content (AvgIpc) is 2.83. The van der Waals surface area contributed by atoms with E-state index in [1.807, 2.05) is 31.2 Å². The Kier molecular flexibility index (Phi) is 7.10. The van der Waals surface area contributed by atoms with Gasteiger partial charge in [-0.1, -0.05) is 42.5 Å². The van der Waals surface area contributed by atoms with Crippen molar-refractivity contribution in [3.8, 4) is 0 Å². The van der Waals surface area contributed by atoms with Gasteiger partial charge in [0.25, 0.3) is 5.56 Å². The van der Waals surface area contributed by atoms with Crippen LogP contribution in [0, 0.1) is 0 Å². The Balaban J connectivity index is 1.50. The van der Waals surface area contributed by atoms with Gasteiger partial charge in [0.2, 0.25) is 5.95 Å². The molecule has 1 saturated carbocycles. The summed E-state index contributed by atoms with van der Waals surface area (Å²) in [7, 11) is 0. The number of para-hydroxylation sites is 1. The molecule has 2 aromatic carbocycles. The summed E-state index contributed by atoms with van der Waals surface area (Å²) in [5.41, 5.74) is 6.30. The molecular formula is C25H30N4O2. The van der Waals surface area contributed by atoms with Crippen molar-refractivity contribution in [2.24, 2.45) is 5.10 Å². The summed E-state index contributed by atoms with van der Waals surface area (Å²) >= 11 is 0. The largest absolute Gasteiger partial charge is 0.382 e. The molecule has 0 atom stereocenters. The van der Waals surface area contributed by atoms with Crippen molar-refractivity contribution in [3.63, 3.8) is 0 Å². The average molecular weight is 419 g/mol. The van der Waals surface area contributed by atoms with Crippen molar-refractivity contribution in [1.82, 2.24) is 9.55 Å². The molecule has 0 aliphatic heterocycles. The van der Waals surface area contributed by atoms with Gasteiger partial charge in [-0.3, -0.25) is 9.36 Å². The number of hydrogen-bond donors (Lipinski definition) is 1. The molecule has 0 radical (unpaired) electrons. The molecule has 6 nitrogen and oxygen atoms in total. The van der Waals surface area contributed by atoms with E-state index in [4.69, 9.17) is 4.74 Å². The minimum Gasteiger partial charge on any atom is -0.382 e. The minimum absolute atomic E-state index is 0.0439. The van der Waals surface area contributed by atoms with Gasteiger partial charge in [0, 0.05) is 25.5 Å². The van der Waals surface area contributed by atoms with E-state index < -0.39 is 0 Å². The highest BCUT2D eigenvalue weighted by Crippen LogP contribution is 2.31. The first-order valence-electron chi connectivity index (χ1n) is 11.2. The van der Waals surface area contributed by atoms with Gasteiger partial charge in [0.15, 0.2) is 0 Å². The van der Waals surface area contributed by atoms with E-state index >= 15 is 0 Å². The first kappa shape index (κ1) is 21.2. The smallest absolute Gasteiger partial charge is 0.262 e. The monoisotopic (exact) mass is 418 g/mol. The van der Waals surface area contributed by atoms with Crippen LogP contribution in [0.2, 0.25) is 0 Å². The normalized spacial score (nSPS) is 16.4. The van der Waals surface area contributed by atoms with Gasteiger partial charge in [-0.2, -0.15) is 5.10 Å². The Morgan fingerprint density at radius 2 is 1.84 bits per heavy atom. The fraction of sp³-hybridized carbons (Fsp3) is 0.400. The van der Waals surface area contributed by atoms with Gasteiger partial charge >= 0.3 is 0 Å². The molecule has 6 heteroatoms. The zero-order valence-electron chi connectivity index (χ0n) is 18.1. The maximum Gasteiger partial charge on any atom is 0.262 e. The van der Waals surface area contributed by atoms with Gasteiger partial charge in [0.1, 0.15) is 0 Å². The predicted octanol–water partition coefficient (Wildman–Crippen LogP) is 4.95. The molecule has 162 valence electrons. The molecule has 1 fully saturated rings. The highest BCUT2D eigenvalue weighted by molar-refractivity contribution is 5.86. The third-order valence-electron chi connectivity index (χ3n) is 5.88. The fourth-order valence-electron chi connectivity index (χ4n) is 4.18. The zero-order valence-corrected chi connectivity index (χ0v) is 18.1. The summed E-state index contributed by atoms with van der Waals surface area (Å²) in [5.74, 6) is 1.09. The lowest BCUT2D eigenvalue weighted by Crippen LogP contribution is -2.25. The van der Waals surface area contributed by atoms with E-state index in [0.717, 1.165) is 37.8 Å². The summed E-state index contributed by atoms with van der Waals surface area (Å²) in [4.78, 5) is 17.7. The Morgan fingerprint density at radius 3 is 2.61 bits per heavy atom. The topological polar surface area (TPSA) is 68.5 Å². The Labute approximate surface area is 183 Å². The van der Waals surface area contributed by atoms with E-state index in [1.54, 1.807) is 4.57 Å². The third-order valence-corrected chi connectivity index (χ3v) is 5.88. The molecule has 1 aliphatic carbocycles. The molecule has 0 unspecified atom stereocenters. The molecule has 0 spiro atoms. The summed E-state index contributed by atoms with van der Waals surface area (Å²) < 4.78 is 7.12. The van der Waals surface area contributed by atoms with Gasteiger partial charge in [-0.05, 0) is 62.6 Å². The van der Waals surface area contributed by atoms with Crippen LogP contribution in [0.4, 0.5) is 5.95 Å². The van der Waals surface area contributed by atoms with Gasteiger partial charge in [0.05, 0.1) is 10.9 Å². The maximum absolute atomic E-state index is 13.1. The van der Waals surface area contributed by atoms with Crippen LogP contribution >= 0.6 is 0 Å². The Morgan fingerprint density at radius 1 is 1.10 bits per heavy atom. The number of hydrogen-bond acceptors (Lipinski definition) is 5. The van der Waals surface area contributed by atoms with Crippen molar-refractivity contribution < 1.29 is 4.74 Å². The first-order chi connectivity index (χ1) is 15.3. The summed E-state index contributed by atoms with van der Waals surface area (Å²) in [6.45, 7) is 3.80. The van der Waals surface area contributed by atoms with Crippen LogP contribution in [0.1, 0.15) is 50.5 Å². The van der Waals surface area contributed by atoms with Crippen molar-refractivity contribution in [2.45, 2.75) is 51.5 Å². The second-order valence-electron chi connectivity index (χ2n) is 7.93. The SMILES string of the molecule is CCOCCCn1c(NN=C2CCC(c3ccccc3)CC2)nc2ccccc2c1=O. The summed E-state index contributed by atoms with van der Waals surface area (Å²) in [6.07, 6.45) is 4.84. The van der Waals surface area contributed by atoms with E-state index in [9.17, 15) is 4.79 Å².